The van der Waals surface area contributed by atoms with Crippen molar-refractivity contribution >= 4 is 0 Å². The zero-order valence-electron chi connectivity index (χ0n) is 10.6. The van der Waals surface area contributed by atoms with Crippen LogP contribution in [0.15, 0.2) is 12.4 Å². The molecule has 1 aromatic heterocycles. The second-order valence-electron chi connectivity index (χ2n) is 3.86. The maximum absolute atomic E-state index is 5.30. The number of rotatable bonds is 8. The largest absolute Gasteiger partial charge is 0.382 e. The molecule has 0 aliphatic carbocycles. The van der Waals surface area contributed by atoms with Gasteiger partial charge in [0.1, 0.15) is 5.82 Å². The van der Waals surface area contributed by atoms with Crippen molar-refractivity contribution in [3.63, 3.8) is 0 Å². The molecule has 0 saturated carbocycles. The van der Waals surface area contributed by atoms with E-state index in [1.54, 1.807) is 0 Å². The fourth-order valence-electron chi connectivity index (χ4n) is 1.73. The van der Waals surface area contributed by atoms with Gasteiger partial charge in [0.05, 0.1) is 6.04 Å². The van der Waals surface area contributed by atoms with E-state index in [1.807, 2.05) is 26.4 Å². The lowest BCUT2D eigenvalue weighted by Crippen LogP contribution is -2.25. The van der Waals surface area contributed by atoms with Crippen LogP contribution in [0.1, 0.15) is 38.6 Å². The molecule has 1 heterocycles. The van der Waals surface area contributed by atoms with E-state index in [1.165, 1.54) is 0 Å². The first kappa shape index (κ1) is 13.2. The van der Waals surface area contributed by atoms with Gasteiger partial charge in [-0.2, -0.15) is 0 Å². The molecule has 1 N–H and O–H groups in total. The molecule has 0 radical (unpaired) electrons. The molecule has 4 heteroatoms. The molecular formula is C12H23N3O. The van der Waals surface area contributed by atoms with Gasteiger partial charge in [-0.25, -0.2) is 4.98 Å². The van der Waals surface area contributed by atoms with E-state index in [4.69, 9.17) is 4.74 Å². The summed E-state index contributed by atoms with van der Waals surface area (Å²) in [7, 11) is 2.03. The van der Waals surface area contributed by atoms with Gasteiger partial charge in [0.2, 0.25) is 0 Å². The normalized spacial score (nSPS) is 12.9. The molecule has 0 aliphatic heterocycles. The van der Waals surface area contributed by atoms with Crippen molar-refractivity contribution in [2.75, 3.05) is 19.8 Å². The van der Waals surface area contributed by atoms with E-state index in [9.17, 15) is 0 Å². The topological polar surface area (TPSA) is 39.1 Å². The van der Waals surface area contributed by atoms with Crippen molar-refractivity contribution in [2.24, 2.45) is 7.05 Å². The quantitative estimate of drug-likeness (QED) is 0.687. The molecule has 92 valence electrons. The molecule has 16 heavy (non-hydrogen) atoms. The zero-order valence-corrected chi connectivity index (χ0v) is 10.6. The molecular weight excluding hydrogens is 202 g/mol. The summed E-state index contributed by atoms with van der Waals surface area (Å²) in [6.07, 6.45) is 5.94. The predicted octanol–water partition coefficient (Wildman–Crippen LogP) is 1.89. The van der Waals surface area contributed by atoms with Crippen LogP contribution >= 0.6 is 0 Å². The highest BCUT2D eigenvalue weighted by Crippen LogP contribution is 2.13. The fraction of sp³-hybridized carbons (Fsp3) is 0.750. The molecule has 0 spiro atoms. The van der Waals surface area contributed by atoms with Crippen LogP contribution < -0.4 is 5.32 Å². The van der Waals surface area contributed by atoms with Gasteiger partial charge in [-0.1, -0.05) is 6.92 Å². The van der Waals surface area contributed by atoms with Crippen LogP contribution in [0.4, 0.5) is 0 Å². The Balaban J connectivity index is 2.30. The standard InChI is InChI=1S/C12H23N3O/c1-4-11(12-14-8-9-15(12)3)13-7-6-10-16-5-2/h8-9,11,13H,4-7,10H2,1-3H3. The van der Waals surface area contributed by atoms with Crippen LogP contribution in [0.5, 0.6) is 0 Å². The molecule has 0 aliphatic rings. The number of aromatic nitrogens is 2. The number of aryl methyl sites for hydroxylation is 1. The van der Waals surface area contributed by atoms with Gasteiger partial charge in [0.15, 0.2) is 0 Å². The molecule has 0 fully saturated rings. The second-order valence-corrected chi connectivity index (χ2v) is 3.86. The van der Waals surface area contributed by atoms with Gasteiger partial charge >= 0.3 is 0 Å². The van der Waals surface area contributed by atoms with Crippen LogP contribution in [0.3, 0.4) is 0 Å². The molecule has 1 unspecified atom stereocenters. The van der Waals surface area contributed by atoms with Crippen LogP contribution in [-0.4, -0.2) is 29.3 Å². The van der Waals surface area contributed by atoms with Gasteiger partial charge in [-0.15, -0.1) is 0 Å². The molecule has 0 saturated heterocycles. The van der Waals surface area contributed by atoms with Gasteiger partial charge in [-0.05, 0) is 26.3 Å². The van der Waals surface area contributed by atoms with Crippen LogP contribution in [0.2, 0.25) is 0 Å². The first-order chi connectivity index (χ1) is 7.79. The highest BCUT2D eigenvalue weighted by molar-refractivity contribution is 4.98. The van der Waals surface area contributed by atoms with E-state index < -0.39 is 0 Å². The number of hydrogen-bond acceptors (Lipinski definition) is 3. The highest BCUT2D eigenvalue weighted by Gasteiger charge is 2.12. The van der Waals surface area contributed by atoms with Crippen molar-refractivity contribution in [1.82, 2.24) is 14.9 Å². The lowest BCUT2D eigenvalue weighted by Gasteiger charge is -2.16. The summed E-state index contributed by atoms with van der Waals surface area (Å²) in [6.45, 7) is 6.81. The Morgan fingerprint density at radius 2 is 2.31 bits per heavy atom. The Bertz CT molecular complexity index is 286. The number of imidazole rings is 1. The fourth-order valence-corrected chi connectivity index (χ4v) is 1.73. The van der Waals surface area contributed by atoms with Gasteiger partial charge in [0, 0.05) is 32.7 Å². The molecule has 1 aromatic rings. The average Bonchev–Trinajstić information content (AvgIpc) is 2.70. The molecule has 1 rings (SSSR count). The first-order valence-electron chi connectivity index (χ1n) is 6.07. The smallest absolute Gasteiger partial charge is 0.125 e. The van der Waals surface area contributed by atoms with Crippen LogP contribution in [0.25, 0.3) is 0 Å². The highest BCUT2D eigenvalue weighted by atomic mass is 16.5. The third kappa shape index (κ3) is 3.94. The van der Waals surface area contributed by atoms with Crippen molar-refractivity contribution in [3.05, 3.63) is 18.2 Å². The number of nitrogens with one attached hydrogen (secondary N) is 1. The van der Waals surface area contributed by atoms with Crippen molar-refractivity contribution in [2.45, 2.75) is 32.7 Å². The van der Waals surface area contributed by atoms with Crippen molar-refractivity contribution in [1.29, 1.82) is 0 Å². The van der Waals surface area contributed by atoms with Gasteiger partial charge in [-0.3, -0.25) is 0 Å². The second kappa shape index (κ2) is 7.41. The summed E-state index contributed by atoms with van der Waals surface area (Å²) >= 11 is 0. The Kier molecular flexibility index (Phi) is 6.11. The summed E-state index contributed by atoms with van der Waals surface area (Å²) in [5.74, 6) is 1.11. The molecule has 0 bridgehead atoms. The minimum absolute atomic E-state index is 0.349. The predicted molar refractivity (Wildman–Crippen MR) is 65.4 cm³/mol. The Morgan fingerprint density at radius 1 is 1.50 bits per heavy atom. The number of hydrogen-bond donors (Lipinski definition) is 1. The van der Waals surface area contributed by atoms with Crippen molar-refractivity contribution in [3.8, 4) is 0 Å². The summed E-state index contributed by atoms with van der Waals surface area (Å²) < 4.78 is 7.38. The minimum Gasteiger partial charge on any atom is -0.382 e. The third-order valence-electron chi connectivity index (χ3n) is 2.64. The summed E-state index contributed by atoms with van der Waals surface area (Å²) in [5.41, 5.74) is 0. The molecule has 1 atom stereocenters. The number of ether oxygens (including phenoxy) is 1. The Morgan fingerprint density at radius 3 is 2.88 bits per heavy atom. The van der Waals surface area contributed by atoms with Crippen LogP contribution in [-0.2, 0) is 11.8 Å². The lowest BCUT2D eigenvalue weighted by molar-refractivity contribution is 0.144. The molecule has 0 amide bonds. The van der Waals surface area contributed by atoms with Gasteiger partial charge < -0.3 is 14.6 Å². The average molecular weight is 225 g/mol. The monoisotopic (exact) mass is 225 g/mol. The lowest BCUT2D eigenvalue weighted by atomic mass is 10.2. The number of nitrogens with zero attached hydrogens (tertiary/aromatic N) is 2. The van der Waals surface area contributed by atoms with E-state index in [2.05, 4.69) is 21.8 Å². The van der Waals surface area contributed by atoms with Gasteiger partial charge in [0.25, 0.3) is 0 Å². The molecule has 0 aromatic carbocycles. The zero-order chi connectivity index (χ0) is 11.8. The van der Waals surface area contributed by atoms with Crippen molar-refractivity contribution < 1.29 is 4.74 Å². The van der Waals surface area contributed by atoms with E-state index in [0.717, 1.165) is 38.4 Å². The Labute approximate surface area is 98.0 Å². The molecule has 4 nitrogen and oxygen atoms in total. The SMILES string of the molecule is CCOCCCNC(CC)c1nccn1C. The maximum atomic E-state index is 5.30. The third-order valence-corrected chi connectivity index (χ3v) is 2.64. The van der Waals surface area contributed by atoms with E-state index in [0.29, 0.717) is 6.04 Å². The van der Waals surface area contributed by atoms with E-state index >= 15 is 0 Å². The minimum atomic E-state index is 0.349. The first-order valence-corrected chi connectivity index (χ1v) is 6.07. The van der Waals surface area contributed by atoms with E-state index in [-0.39, 0.29) is 0 Å². The summed E-state index contributed by atoms with van der Waals surface area (Å²) in [6, 6.07) is 0.349. The maximum Gasteiger partial charge on any atom is 0.125 e. The summed E-state index contributed by atoms with van der Waals surface area (Å²) in [5, 5.41) is 3.51. The summed E-state index contributed by atoms with van der Waals surface area (Å²) in [4.78, 5) is 4.37. The van der Waals surface area contributed by atoms with Crippen LogP contribution in [0, 0.1) is 0 Å². The Hall–Kier alpha value is -0.870.